The van der Waals surface area contributed by atoms with E-state index in [-0.39, 0.29) is 0 Å². The van der Waals surface area contributed by atoms with Gasteiger partial charge in [-0.15, -0.1) is 0 Å². The van der Waals surface area contributed by atoms with Gasteiger partial charge in [-0.2, -0.15) is 0 Å². The van der Waals surface area contributed by atoms with Gasteiger partial charge in [-0.05, 0) is 24.1 Å². The molecule has 0 unspecified atom stereocenters. The Hall–Kier alpha value is -1.31. The quantitative estimate of drug-likeness (QED) is 0.621. The highest BCUT2D eigenvalue weighted by molar-refractivity contribution is 5.85. The molecule has 0 aliphatic carbocycles. The summed E-state index contributed by atoms with van der Waals surface area (Å²) in [5.74, 6) is 0.352. The van der Waals surface area contributed by atoms with E-state index in [9.17, 15) is 4.79 Å². The summed E-state index contributed by atoms with van der Waals surface area (Å²) >= 11 is 0. The number of carbonyl (C=O) groups excluding carboxylic acids is 1. The molecular weight excluding hydrogens is 174 g/mol. The van der Waals surface area contributed by atoms with Crippen LogP contribution in [0.5, 0.6) is 0 Å². The van der Waals surface area contributed by atoms with Crippen LogP contribution < -0.4 is 4.90 Å². The number of rotatable bonds is 0. The van der Waals surface area contributed by atoms with Gasteiger partial charge in [0, 0.05) is 32.1 Å². The lowest BCUT2D eigenvalue weighted by Gasteiger charge is -2.19. The van der Waals surface area contributed by atoms with Crippen molar-refractivity contribution in [3.63, 3.8) is 0 Å². The van der Waals surface area contributed by atoms with Crippen molar-refractivity contribution in [2.45, 2.75) is 19.8 Å². The number of hydrogen-bond acceptors (Lipinski definition) is 2. The molecule has 14 heavy (non-hydrogen) atoms. The molecule has 1 aliphatic heterocycles. The van der Waals surface area contributed by atoms with E-state index >= 15 is 0 Å². The minimum Gasteiger partial charge on any atom is -0.374 e. The average molecular weight is 189 g/mol. The molecule has 0 N–H and O–H groups in total. The summed E-state index contributed by atoms with van der Waals surface area (Å²) in [6.45, 7) is 2.92. The number of aryl methyl sites for hydroxylation is 1. The number of ketones is 1. The molecule has 74 valence electrons. The third-order valence-corrected chi connectivity index (χ3v) is 2.90. The van der Waals surface area contributed by atoms with E-state index in [1.54, 1.807) is 0 Å². The first-order chi connectivity index (χ1) is 6.68. The van der Waals surface area contributed by atoms with Gasteiger partial charge in [-0.25, -0.2) is 0 Å². The lowest BCUT2D eigenvalue weighted by atomic mass is 10.0. The van der Waals surface area contributed by atoms with Crippen LogP contribution in [0.1, 0.15) is 17.5 Å². The Morgan fingerprint density at radius 1 is 1.36 bits per heavy atom. The van der Waals surface area contributed by atoms with E-state index in [4.69, 9.17) is 0 Å². The molecule has 2 nitrogen and oxygen atoms in total. The molecule has 0 saturated heterocycles. The lowest BCUT2D eigenvalue weighted by molar-refractivity contribution is -0.118. The first kappa shape index (κ1) is 9.25. The third kappa shape index (κ3) is 1.52. The molecule has 1 aliphatic rings. The van der Waals surface area contributed by atoms with E-state index in [0.717, 1.165) is 6.54 Å². The highest BCUT2D eigenvalue weighted by atomic mass is 16.1. The largest absolute Gasteiger partial charge is 0.374 e. The van der Waals surface area contributed by atoms with Crippen LogP contribution in [0.3, 0.4) is 0 Å². The van der Waals surface area contributed by atoms with Crippen molar-refractivity contribution in [1.29, 1.82) is 0 Å². The molecule has 1 heterocycles. The maximum Gasteiger partial charge on any atom is 0.139 e. The summed E-state index contributed by atoms with van der Waals surface area (Å²) < 4.78 is 0. The fourth-order valence-corrected chi connectivity index (χ4v) is 1.97. The smallest absolute Gasteiger partial charge is 0.139 e. The fraction of sp³-hybridized carbons (Fsp3) is 0.417. The Morgan fingerprint density at radius 2 is 2.14 bits per heavy atom. The van der Waals surface area contributed by atoms with Crippen molar-refractivity contribution in [2.24, 2.45) is 0 Å². The normalized spacial score (nSPS) is 16.4. The number of benzene rings is 1. The lowest BCUT2D eigenvalue weighted by Crippen LogP contribution is -2.18. The first-order valence-electron chi connectivity index (χ1n) is 5.00. The second kappa shape index (κ2) is 3.45. The summed E-state index contributed by atoms with van der Waals surface area (Å²) in [6, 6.07) is 6.23. The van der Waals surface area contributed by atoms with Gasteiger partial charge in [0.1, 0.15) is 5.78 Å². The number of carbonyl (C=O) groups is 1. The topological polar surface area (TPSA) is 20.3 Å². The zero-order valence-corrected chi connectivity index (χ0v) is 8.71. The van der Waals surface area contributed by atoms with E-state index in [1.807, 2.05) is 0 Å². The van der Waals surface area contributed by atoms with Crippen molar-refractivity contribution in [1.82, 2.24) is 0 Å². The molecule has 1 aromatic carbocycles. The molecule has 0 saturated carbocycles. The zero-order chi connectivity index (χ0) is 10.1. The van der Waals surface area contributed by atoms with Crippen LogP contribution in [-0.4, -0.2) is 19.4 Å². The van der Waals surface area contributed by atoms with Gasteiger partial charge >= 0.3 is 0 Å². The Kier molecular flexibility index (Phi) is 2.28. The van der Waals surface area contributed by atoms with Crippen molar-refractivity contribution in [3.8, 4) is 0 Å². The molecule has 0 radical (unpaired) electrons. The predicted molar refractivity (Wildman–Crippen MR) is 57.8 cm³/mol. The van der Waals surface area contributed by atoms with Crippen LogP contribution in [0.15, 0.2) is 18.2 Å². The first-order valence-corrected chi connectivity index (χ1v) is 5.00. The van der Waals surface area contributed by atoms with Crippen molar-refractivity contribution in [2.75, 3.05) is 18.5 Å². The summed E-state index contributed by atoms with van der Waals surface area (Å²) in [5.41, 5.74) is 3.65. The molecule has 2 rings (SSSR count). The zero-order valence-electron chi connectivity index (χ0n) is 8.71. The predicted octanol–water partition coefficient (Wildman–Crippen LogP) is 1.95. The summed E-state index contributed by atoms with van der Waals surface area (Å²) in [4.78, 5) is 13.7. The molecule has 0 aromatic heterocycles. The van der Waals surface area contributed by atoms with Crippen LogP contribution in [0.2, 0.25) is 0 Å². The molecular formula is C12H15NO. The SMILES string of the molecule is Cc1cccc2c1CC(=O)CCN2C. The number of nitrogens with zero attached hydrogens (tertiary/aromatic N) is 1. The maximum absolute atomic E-state index is 11.5. The second-order valence-corrected chi connectivity index (χ2v) is 3.96. The fourth-order valence-electron chi connectivity index (χ4n) is 1.97. The highest BCUT2D eigenvalue weighted by Gasteiger charge is 2.17. The Labute approximate surface area is 84.5 Å². The van der Waals surface area contributed by atoms with Gasteiger partial charge in [-0.1, -0.05) is 12.1 Å². The van der Waals surface area contributed by atoms with E-state index < -0.39 is 0 Å². The average Bonchev–Trinajstić information content (AvgIpc) is 2.30. The molecule has 2 heteroatoms. The summed E-state index contributed by atoms with van der Waals surface area (Å²) in [5, 5.41) is 0. The van der Waals surface area contributed by atoms with Crippen molar-refractivity contribution >= 4 is 11.5 Å². The van der Waals surface area contributed by atoms with Gasteiger partial charge in [0.05, 0.1) is 0 Å². The molecule has 1 aromatic rings. The third-order valence-electron chi connectivity index (χ3n) is 2.90. The standard InChI is InChI=1S/C12H15NO/c1-9-4-3-5-12-11(9)8-10(14)6-7-13(12)2/h3-5H,6-8H2,1-2H3. The van der Waals surface area contributed by atoms with Gasteiger partial charge in [0.15, 0.2) is 0 Å². The van der Waals surface area contributed by atoms with Crippen LogP contribution in [-0.2, 0) is 11.2 Å². The van der Waals surface area contributed by atoms with E-state index in [1.165, 1.54) is 16.8 Å². The number of fused-ring (bicyclic) bond motifs is 1. The molecule has 0 fully saturated rings. The monoisotopic (exact) mass is 189 g/mol. The van der Waals surface area contributed by atoms with Crippen molar-refractivity contribution in [3.05, 3.63) is 29.3 Å². The summed E-state index contributed by atoms with van der Waals surface area (Å²) in [6.07, 6.45) is 1.27. The van der Waals surface area contributed by atoms with Crippen LogP contribution >= 0.6 is 0 Å². The molecule has 0 spiro atoms. The minimum absolute atomic E-state index is 0.352. The molecule has 0 atom stereocenters. The van der Waals surface area contributed by atoms with Gasteiger partial charge in [0.25, 0.3) is 0 Å². The van der Waals surface area contributed by atoms with Crippen molar-refractivity contribution < 1.29 is 4.79 Å². The maximum atomic E-state index is 11.5. The number of Topliss-reactive ketones (excluding diaryl/α,β-unsaturated/α-hetero) is 1. The highest BCUT2D eigenvalue weighted by Crippen LogP contribution is 2.26. The van der Waals surface area contributed by atoms with Crippen LogP contribution in [0.4, 0.5) is 5.69 Å². The van der Waals surface area contributed by atoms with E-state index in [2.05, 4.69) is 37.1 Å². The molecule has 0 bridgehead atoms. The molecule has 0 amide bonds. The Bertz CT molecular complexity index is 371. The minimum atomic E-state index is 0.352. The van der Waals surface area contributed by atoms with Gasteiger partial charge in [0.2, 0.25) is 0 Å². The Balaban J connectivity index is 2.52. The van der Waals surface area contributed by atoms with Crippen LogP contribution in [0.25, 0.3) is 0 Å². The van der Waals surface area contributed by atoms with Gasteiger partial charge in [-0.3, -0.25) is 4.79 Å². The van der Waals surface area contributed by atoms with E-state index in [0.29, 0.717) is 18.6 Å². The Morgan fingerprint density at radius 3 is 2.93 bits per heavy atom. The van der Waals surface area contributed by atoms with Gasteiger partial charge < -0.3 is 4.90 Å². The van der Waals surface area contributed by atoms with Crippen LogP contribution in [0, 0.1) is 6.92 Å². The number of anilines is 1. The number of hydrogen-bond donors (Lipinski definition) is 0. The summed E-state index contributed by atoms with van der Waals surface area (Å²) in [7, 11) is 2.05. The second-order valence-electron chi connectivity index (χ2n) is 3.96.